The molecule has 0 aromatic heterocycles. The summed E-state index contributed by atoms with van der Waals surface area (Å²) >= 11 is 0. The molecule has 0 heterocycles. The molecule has 0 saturated heterocycles. The van der Waals surface area contributed by atoms with Gasteiger partial charge in [0.15, 0.2) is 0 Å². The van der Waals surface area contributed by atoms with Gasteiger partial charge >= 0.3 is 23.1 Å². The van der Waals surface area contributed by atoms with Crippen LogP contribution in [-0.2, 0) is 0 Å². The average molecular weight is 502 g/mol. The molecular weight excluding hydrogens is 502 g/mol. The molecule has 0 aromatic carbocycles. The van der Waals surface area contributed by atoms with Crippen molar-refractivity contribution in [2.45, 2.75) is 0 Å². The number of carbonyl (C=O) groups excluding carboxylic acids is 4. The number of rotatable bonds is 0. The summed E-state index contributed by atoms with van der Waals surface area (Å²) in [5, 5.41) is 66.7. The fourth-order valence-electron chi connectivity index (χ4n) is 0. The van der Waals surface area contributed by atoms with E-state index in [2.05, 4.69) is 0 Å². The van der Waals surface area contributed by atoms with Gasteiger partial charge in [0.1, 0.15) is 0 Å². The van der Waals surface area contributed by atoms with Gasteiger partial charge in [0.05, 0.1) is 0 Å². The van der Waals surface area contributed by atoms with Gasteiger partial charge in [0.25, 0.3) is 0 Å². The Hall–Kier alpha value is -1.10. The molecule has 0 unspecified atom stereocenters. The Morgan fingerprint density at radius 3 is 0.444 bits per heavy atom. The molecule has 100 valence electrons. The Morgan fingerprint density at radius 1 is 0.444 bits per heavy atom. The Balaban J connectivity index is -0.0000000257. The van der Waals surface area contributed by atoms with E-state index < -0.39 is 24.6 Å². The third-order valence-electron chi connectivity index (χ3n) is 0. The van der Waals surface area contributed by atoms with E-state index >= 15 is 0 Å². The van der Waals surface area contributed by atoms with Gasteiger partial charge in [-0.3, -0.25) is 0 Å². The van der Waals surface area contributed by atoms with Crippen LogP contribution in [-0.4, -0.2) is 47.7 Å². The van der Waals surface area contributed by atoms with Crippen molar-refractivity contribution in [2.24, 2.45) is 0 Å². The molecule has 18 heavy (non-hydrogen) atoms. The van der Waals surface area contributed by atoms with Crippen LogP contribution in [0.5, 0.6) is 0 Å². The van der Waals surface area contributed by atoms with Crippen molar-refractivity contribution < 1.29 is 91.1 Å². The first-order valence-corrected chi connectivity index (χ1v) is 2.45. The molecule has 0 atom stereocenters. The van der Waals surface area contributed by atoms with Crippen molar-refractivity contribution in [2.75, 3.05) is 0 Å². The van der Waals surface area contributed by atoms with Gasteiger partial charge in [0.2, 0.25) is 0 Å². The predicted molar refractivity (Wildman–Crippen MR) is 27.3 cm³/mol. The number of hydrogen-bond donors (Lipinski definition) is 0. The Labute approximate surface area is 138 Å². The molecule has 14 heteroatoms. The van der Waals surface area contributed by atoms with E-state index in [0.717, 1.165) is 0 Å². The largest absolute Gasteiger partial charge is 2.00 e. The van der Waals surface area contributed by atoms with Gasteiger partial charge < -0.3 is 60.0 Å². The molecule has 0 N–H and O–H groups in total. The molecule has 0 aliphatic rings. The van der Waals surface area contributed by atoms with E-state index in [1.54, 1.807) is 0 Å². The van der Waals surface area contributed by atoms with E-state index in [9.17, 15) is 0 Å². The standard InChI is InChI=1S/4CH2O3.Mg.U/c4*2-1(3)4;;/h4*(H2,2,3,4);;/q;;;;+2;/p-8. The summed E-state index contributed by atoms with van der Waals surface area (Å²) in [5.41, 5.74) is 0. The van der Waals surface area contributed by atoms with Crippen molar-refractivity contribution in [1.29, 1.82) is 0 Å². The molecule has 0 spiro atoms. The summed E-state index contributed by atoms with van der Waals surface area (Å²) < 4.78 is 0. The monoisotopic (exact) mass is 502 g/mol. The summed E-state index contributed by atoms with van der Waals surface area (Å²) in [6.07, 6.45) is -9.33. The van der Waals surface area contributed by atoms with Crippen LogP contribution in [0.1, 0.15) is 0 Å². The quantitative estimate of drug-likeness (QED) is 0.280. The molecule has 12 nitrogen and oxygen atoms in total. The first-order chi connectivity index (χ1) is 6.93. The summed E-state index contributed by atoms with van der Waals surface area (Å²) in [5.74, 6) is 0. The van der Waals surface area contributed by atoms with Gasteiger partial charge in [-0.1, -0.05) is 0 Å². The minimum absolute atomic E-state index is 0. The van der Waals surface area contributed by atoms with Crippen molar-refractivity contribution in [1.82, 2.24) is 0 Å². The Morgan fingerprint density at radius 2 is 0.444 bits per heavy atom. The van der Waals surface area contributed by atoms with Gasteiger partial charge in [-0.15, -0.1) is 0 Å². The maximum absolute atomic E-state index is 8.33. The van der Waals surface area contributed by atoms with Crippen LogP contribution in [0.4, 0.5) is 19.2 Å². The fourth-order valence-corrected chi connectivity index (χ4v) is 0. The smallest absolute Gasteiger partial charge is 0.652 e. The summed E-state index contributed by atoms with van der Waals surface area (Å²) in [6.45, 7) is 0. The zero-order valence-corrected chi connectivity index (χ0v) is 13.7. The van der Waals surface area contributed by atoms with E-state index in [1.807, 2.05) is 0 Å². The summed E-state index contributed by atoms with van der Waals surface area (Å²) in [4.78, 5) is 33.3. The Kier molecular flexibility index (Phi) is 59.4. The third-order valence-corrected chi connectivity index (χ3v) is 0. The van der Waals surface area contributed by atoms with Gasteiger partial charge in [-0.2, -0.15) is 0 Å². The second-order valence-corrected chi connectivity index (χ2v) is 1.00. The van der Waals surface area contributed by atoms with Crippen LogP contribution in [0.3, 0.4) is 0 Å². The minimum atomic E-state index is -2.33. The second-order valence-electron chi connectivity index (χ2n) is 1.00. The van der Waals surface area contributed by atoms with Crippen molar-refractivity contribution in [3.63, 3.8) is 0 Å². The molecule has 0 aliphatic carbocycles. The van der Waals surface area contributed by atoms with Crippen LogP contribution >= 0.6 is 0 Å². The zero-order chi connectivity index (χ0) is 14.3. The molecule has 0 fully saturated rings. The van der Waals surface area contributed by atoms with Crippen LogP contribution in [0.2, 0.25) is 0 Å². The molecule has 0 radical (unpaired) electrons. The van der Waals surface area contributed by atoms with E-state index in [-0.39, 0.29) is 54.2 Å². The fraction of sp³-hybridized carbons (Fsp3) is 0. The molecule has 0 amide bonds. The second kappa shape index (κ2) is 29.7. The summed E-state index contributed by atoms with van der Waals surface area (Å²) in [6, 6.07) is 0. The van der Waals surface area contributed by atoms with Crippen molar-refractivity contribution in [3.05, 3.63) is 0 Å². The third kappa shape index (κ3) is 2370. The molecule has 0 aromatic rings. The van der Waals surface area contributed by atoms with Crippen LogP contribution in [0.15, 0.2) is 0 Å². The predicted octanol–water partition coefficient (Wildman–Crippen LogP) is -10.2. The van der Waals surface area contributed by atoms with Gasteiger partial charge in [-0.25, -0.2) is 0 Å². The van der Waals surface area contributed by atoms with Crippen LogP contribution < -0.4 is 40.9 Å². The first-order valence-electron chi connectivity index (χ1n) is 2.45. The molecule has 0 bridgehead atoms. The molecular formula is C4MgO12U-6. The minimum Gasteiger partial charge on any atom is -0.652 e. The normalized spacial score (nSPS) is 5.33. The maximum atomic E-state index is 8.33. The number of carboxylic acid groups (broad SMARTS) is 8. The number of carbonyl (C=O) groups is 4. The van der Waals surface area contributed by atoms with Crippen molar-refractivity contribution >= 4 is 47.7 Å². The number of hydrogen-bond acceptors (Lipinski definition) is 12. The molecule has 0 saturated carbocycles. The van der Waals surface area contributed by atoms with E-state index in [0.29, 0.717) is 0 Å². The van der Waals surface area contributed by atoms with Crippen LogP contribution in [0.25, 0.3) is 0 Å². The molecule has 0 aliphatic heterocycles. The van der Waals surface area contributed by atoms with E-state index in [1.165, 1.54) is 0 Å². The van der Waals surface area contributed by atoms with E-state index in [4.69, 9.17) is 60.0 Å². The topological polar surface area (TPSA) is 253 Å². The molecule has 0 rings (SSSR count). The average Bonchev–Trinajstić information content (AvgIpc) is 1.76. The van der Waals surface area contributed by atoms with Gasteiger partial charge in [0, 0.05) is 31.1 Å². The zero-order valence-electron chi connectivity index (χ0n) is 8.11. The summed E-state index contributed by atoms with van der Waals surface area (Å²) in [7, 11) is 0. The SMILES string of the molecule is O=C([O-])[O-].O=C([O-])[O-].O=C([O-])[O-].O=C([O-])[O-].[Mg+2].[U]. The maximum Gasteiger partial charge on any atom is 2.00 e. The van der Waals surface area contributed by atoms with Crippen LogP contribution in [0, 0.1) is 31.1 Å². The first kappa shape index (κ1) is 36.0. The Bertz CT molecular complexity index is 164. The van der Waals surface area contributed by atoms with Gasteiger partial charge in [-0.05, 0) is 24.6 Å². The van der Waals surface area contributed by atoms with Crippen molar-refractivity contribution in [3.8, 4) is 0 Å².